The first-order chi connectivity index (χ1) is 16.2. The third kappa shape index (κ3) is 7.59. The summed E-state index contributed by atoms with van der Waals surface area (Å²) in [5.41, 5.74) is 12.1. The van der Waals surface area contributed by atoms with E-state index < -0.39 is 18.8 Å². The summed E-state index contributed by atoms with van der Waals surface area (Å²) in [6, 6.07) is 0.200. The number of carbonyl (C=O) groups excluding carboxylic acids is 1. The summed E-state index contributed by atoms with van der Waals surface area (Å²) in [4.78, 5) is 21.0. The molecular formula is C22H35F4N7O. The van der Waals surface area contributed by atoms with E-state index in [0.29, 0.717) is 43.7 Å². The SMILES string of the molecule is C[C@H](N)NNC1=NC=C(C(=O)N(CCCN(CCF)C2=CCC(C(F)(F)F)CN2)C2CC2)CC1. The topological polar surface area (TPSA) is 98.0 Å². The number of amidine groups is 1. The molecule has 3 rings (SSSR count). The average molecular weight is 490 g/mol. The Balaban J connectivity index is 1.54. The molecular weight excluding hydrogens is 454 g/mol. The summed E-state index contributed by atoms with van der Waals surface area (Å²) >= 11 is 0. The van der Waals surface area contributed by atoms with Gasteiger partial charge in [0.25, 0.3) is 5.91 Å². The number of rotatable bonds is 11. The minimum absolute atomic E-state index is 0.0366. The van der Waals surface area contributed by atoms with Gasteiger partial charge in [0.05, 0.1) is 17.9 Å². The van der Waals surface area contributed by atoms with Crippen LogP contribution < -0.4 is 21.9 Å². The number of amides is 1. The van der Waals surface area contributed by atoms with E-state index in [-0.39, 0.29) is 37.6 Å². The third-order valence-corrected chi connectivity index (χ3v) is 6.09. The smallest absolute Gasteiger partial charge is 0.371 e. The molecule has 8 nitrogen and oxygen atoms in total. The fraction of sp³-hybridized carbons (Fsp3) is 0.727. The highest BCUT2D eigenvalue weighted by Crippen LogP contribution is 2.32. The monoisotopic (exact) mass is 489 g/mol. The number of hydrogen-bond donors (Lipinski definition) is 4. The summed E-state index contributed by atoms with van der Waals surface area (Å²) in [6.45, 7) is 2.02. The number of carbonyl (C=O) groups is 1. The van der Waals surface area contributed by atoms with Crippen molar-refractivity contribution in [2.45, 2.75) is 63.8 Å². The maximum atomic E-state index is 13.1. The van der Waals surface area contributed by atoms with E-state index in [2.05, 4.69) is 21.2 Å². The Hall–Kier alpha value is -2.34. The number of hydrazine groups is 1. The lowest BCUT2D eigenvalue weighted by Crippen LogP contribution is -2.47. The first-order valence-electron chi connectivity index (χ1n) is 11.8. The third-order valence-electron chi connectivity index (χ3n) is 6.09. The van der Waals surface area contributed by atoms with Gasteiger partial charge >= 0.3 is 6.18 Å². The molecule has 34 heavy (non-hydrogen) atoms. The molecule has 1 amide bonds. The number of nitrogens with zero attached hydrogens (tertiary/aromatic N) is 3. The molecule has 1 fully saturated rings. The summed E-state index contributed by atoms with van der Waals surface area (Å²) in [5, 5.41) is 2.81. The molecule has 0 aromatic carbocycles. The minimum atomic E-state index is -4.25. The highest BCUT2D eigenvalue weighted by atomic mass is 19.4. The average Bonchev–Trinajstić information content (AvgIpc) is 3.64. The number of allylic oxidation sites excluding steroid dienone is 1. The molecule has 3 aliphatic rings. The lowest BCUT2D eigenvalue weighted by molar-refractivity contribution is -0.173. The van der Waals surface area contributed by atoms with Crippen LogP contribution in [-0.4, -0.2) is 72.8 Å². The minimum Gasteiger partial charge on any atom is -0.371 e. The Morgan fingerprint density at radius 3 is 2.59 bits per heavy atom. The zero-order valence-electron chi connectivity index (χ0n) is 19.5. The second-order valence-electron chi connectivity index (χ2n) is 8.99. The Morgan fingerprint density at radius 1 is 1.29 bits per heavy atom. The summed E-state index contributed by atoms with van der Waals surface area (Å²) in [5.74, 6) is -0.212. The molecule has 1 unspecified atom stereocenters. The molecule has 5 N–H and O–H groups in total. The van der Waals surface area contributed by atoms with Crippen LogP contribution >= 0.6 is 0 Å². The van der Waals surface area contributed by atoms with E-state index in [0.717, 1.165) is 18.7 Å². The number of halogens is 4. The normalized spacial score (nSPS) is 21.6. The molecule has 192 valence electrons. The molecule has 2 heterocycles. The van der Waals surface area contributed by atoms with Crippen LogP contribution in [0, 0.1) is 5.92 Å². The Labute approximate surface area is 197 Å². The quantitative estimate of drug-likeness (QED) is 0.202. The Bertz CT molecular complexity index is 793. The zero-order chi connectivity index (χ0) is 24.7. The second kappa shape index (κ2) is 11.9. The van der Waals surface area contributed by atoms with Crippen molar-refractivity contribution in [3.05, 3.63) is 23.7 Å². The predicted molar refractivity (Wildman–Crippen MR) is 122 cm³/mol. The highest BCUT2D eigenvalue weighted by Gasteiger charge is 2.40. The molecule has 2 atom stereocenters. The molecule has 12 heteroatoms. The summed E-state index contributed by atoms with van der Waals surface area (Å²) < 4.78 is 51.8. The first-order valence-corrected chi connectivity index (χ1v) is 11.8. The van der Waals surface area contributed by atoms with Crippen LogP contribution in [0.4, 0.5) is 17.6 Å². The molecule has 0 spiro atoms. The fourth-order valence-corrected chi connectivity index (χ4v) is 4.03. The molecule has 0 aromatic heterocycles. The first kappa shape index (κ1) is 26.3. The largest absolute Gasteiger partial charge is 0.393 e. The van der Waals surface area contributed by atoms with Crippen molar-refractivity contribution in [3.63, 3.8) is 0 Å². The van der Waals surface area contributed by atoms with E-state index in [1.165, 1.54) is 6.08 Å². The van der Waals surface area contributed by atoms with Crippen LogP contribution in [0.15, 0.2) is 28.7 Å². The van der Waals surface area contributed by atoms with E-state index in [9.17, 15) is 22.4 Å². The number of nitrogens with two attached hydrogens (primary N) is 1. The molecule has 0 saturated heterocycles. The van der Waals surface area contributed by atoms with Gasteiger partial charge in [-0.3, -0.25) is 4.79 Å². The lowest BCUT2D eigenvalue weighted by atomic mass is 10.0. The van der Waals surface area contributed by atoms with Crippen LogP contribution in [0.2, 0.25) is 0 Å². The van der Waals surface area contributed by atoms with E-state index in [4.69, 9.17) is 5.73 Å². The Kier molecular flexibility index (Phi) is 9.17. The molecule has 0 bridgehead atoms. The second-order valence-corrected chi connectivity index (χ2v) is 8.99. The molecule has 1 saturated carbocycles. The van der Waals surface area contributed by atoms with Crippen molar-refractivity contribution in [1.29, 1.82) is 0 Å². The van der Waals surface area contributed by atoms with Crippen LogP contribution in [0.5, 0.6) is 0 Å². The molecule has 2 aliphatic heterocycles. The van der Waals surface area contributed by atoms with Crippen molar-refractivity contribution in [2.75, 3.05) is 32.9 Å². The molecule has 0 aromatic rings. The van der Waals surface area contributed by atoms with Gasteiger partial charge in [-0.15, -0.1) is 0 Å². The number of alkyl halides is 4. The molecule has 1 aliphatic carbocycles. The van der Waals surface area contributed by atoms with Crippen LogP contribution in [0.3, 0.4) is 0 Å². The van der Waals surface area contributed by atoms with Crippen LogP contribution in [0.25, 0.3) is 0 Å². The fourth-order valence-electron chi connectivity index (χ4n) is 4.03. The van der Waals surface area contributed by atoms with Gasteiger partial charge in [0.15, 0.2) is 0 Å². The van der Waals surface area contributed by atoms with Gasteiger partial charge in [0, 0.05) is 50.4 Å². The number of nitrogens with one attached hydrogen (secondary N) is 3. The van der Waals surface area contributed by atoms with Crippen molar-refractivity contribution in [1.82, 2.24) is 26.0 Å². The van der Waals surface area contributed by atoms with Gasteiger partial charge in [-0.1, -0.05) is 0 Å². The van der Waals surface area contributed by atoms with Crippen molar-refractivity contribution < 1.29 is 22.4 Å². The number of aliphatic imine (C=N–C) groups is 1. The maximum Gasteiger partial charge on any atom is 0.393 e. The van der Waals surface area contributed by atoms with Gasteiger partial charge in [0.2, 0.25) is 0 Å². The van der Waals surface area contributed by atoms with Crippen molar-refractivity contribution >= 4 is 11.7 Å². The number of hydrogen-bond acceptors (Lipinski definition) is 7. The standard InChI is InChI=1S/C22H35F4N7O/c1-15(27)30-31-19-7-3-16(13-28-19)21(34)33(18-5-6-18)11-2-10-32(12-9-23)20-8-4-17(14-29-20)22(24,25)26/h8,13,15,17-18,29-30H,2-7,9-12,14,27H2,1H3,(H,28,31)/t15-,17?/m1/s1. The van der Waals surface area contributed by atoms with Gasteiger partial charge in [-0.05, 0) is 45.1 Å². The van der Waals surface area contributed by atoms with E-state index in [1.807, 2.05) is 4.90 Å². The van der Waals surface area contributed by atoms with Crippen molar-refractivity contribution in [3.8, 4) is 0 Å². The van der Waals surface area contributed by atoms with Gasteiger partial charge in [-0.25, -0.2) is 14.8 Å². The predicted octanol–water partition coefficient (Wildman–Crippen LogP) is 2.13. The lowest BCUT2D eigenvalue weighted by Gasteiger charge is -2.33. The zero-order valence-corrected chi connectivity index (χ0v) is 19.5. The van der Waals surface area contributed by atoms with E-state index >= 15 is 0 Å². The summed E-state index contributed by atoms with van der Waals surface area (Å²) in [7, 11) is 0. The van der Waals surface area contributed by atoms with Crippen LogP contribution in [-0.2, 0) is 4.79 Å². The summed E-state index contributed by atoms with van der Waals surface area (Å²) in [6.07, 6.45) is 2.14. The van der Waals surface area contributed by atoms with Gasteiger partial charge in [-0.2, -0.15) is 13.2 Å². The van der Waals surface area contributed by atoms with E-state index in [1.54, 1.807) is 18.0 Å². The highest BCUT2D eigenvalue weighted by molar-refractivity contribution is 5.96. The maximum absolute atomic E-state index is 13.1. The van der Waals surface area contributed by atoms with Gasteiger partial charge in [0.1, 0.15) is 12.5 Å². The molecule has 0 radical (unpaired) electrons. The van der Waals surface area contributed by atoms with Crippen molar-refractivity contribution in [2.24, 2.45) is 16.6 Å². The van der Waals surface area contributed by atoms with Crippen LogP contribution in [0.1, 0.15) is 45.4 Å². The van der Waals surface area contributed by atoms with Gasteiger partial charge < -0.3 is 26.3 Å². The Morgan fingerprint density at radius 2 is 2.06 bits per heavy atom.